The molecule has 1 atom stereocenters. The smallest absolute Gasteiger partial charge is 0.0470 e. The molecule has 0 radical (unpaired) electrons. The van der Waals surface area contributed by atoms with Gasteiger partial charge in [0.25, 0.3) is 0 Å². The van der Waals surface area contributed by atoms with Gasteiger partial charge in [0.2, 0.25) is 0 Å². The average molecular weight is 305 g/mol. The van der Waals surface area contributed by atoms with Gasteiger partial charge in [-0.25, -0.2) is 0 Å². The van der Waals surface area contributed by atoms with E-state index in [9.17, 15) is 0 Å². The van der Waals surface area contributed by atoms with Crippen molar-refractivity contribution in [3.63, 3.8) is 0 Å². The van der Waals surface area contributed by atoms with Crippen LogP contribution in [0.15, 0.2) is 18.2 Å². The quantitative estimate of drug-likeness (QED) is 0.930. The molecule has 1 aromatic rings. The lowest BCUT2D eigenvalue weighted by atomic mass is 9.96. The van der Waals surface area contributed by atoms with Crippen molar-refractivity contribution in [2.24, 2.45) is 5.73 Å². The highest BCUT2D eigenvalue weighted by Crippen LogP contribution is 2.31. The number of thioether (sulfide) groups is 1. The van der Waals surface area contributed by atoms with E-state index in [4.69, 9.17) is 5.73 Å². The monoisotopic (exact) mass is 305 g/mol. The summed E-state index contributed by atoms with van der Waals surface area (Å²) < 4.78 is 0. The number of nitrogens with zero attached hydrogens (tertiary/aromatic N) is 2. The Labute approximate surface area is 132 Å². The minimum absolute atomic E-state index is 0.390. The summed E-state index contributed by atoms with van der Waals surface area (Å²) in [5, 5.41) is 0. The van der Waals surface area contributed by atoms with Crippen molar-refractivity contribution < 1.29 is 0 Å². The summed E-state index contributed by atoms with van der Waals surface area (Å²) in [5.74, 6) is 2.53. The van der Waals surface area contributed by atoms with E-state index in [-0.39, 0.29) is 0 Å². The molecule has 116 valence electrons. The second-order valence-corrected chi connectivity index (χ2v) is 7.39. The number of hydrogen-bond donors (Lipinski definition) is 1. The Bertz CT molecular complexity index is 469. The summed E-state index contributed by atoms with van der Waals surface area (Å²) in [6.45, 7) is 4.25. The van der Waals surface area contributed by atoms with Gasteiger partial charge in [-0.15, -0.1) is 0 Å². The zero-order valence-corrected chi connectivity index (χ0v) is 13.9. The molecule has 1 unspecified atom stereocenters. The summed E-state index contributed by atoms with van der Waals surface area (Å²) >= 11 is 2.08. The fourth-order valence-electron chi connectivity index (χ4n) is 3.59. The molecule has 3 rings (SSSR count). The molecule has 0 aliphatic carbocycles. The standard InChI is InChI=1S/C17H27N3S/c1-19-7-2-4-14-12-15(5-6-16(14)19)17(13-18)20-8-3-10-21-11-9-20/h5-6,12,17H,2-4,7-11,13,18H2,1H3. The molecule has 1 fully saturated rings. The van der Waals surface area contributed by atoms with Crippen LogP contribution in [0, 0.1) is 0 Å². The number of nitrogens with two attached hydrogens (primary N) is 1. The Morgan fingerprint density at radius 2 is 2.10 bits per heavy atom. The van der Waals surface area contributed by atoms with Crippen molar-refractivity contribution >= 4 is 17.4 Å². The predicted molar refractivity (Wildman–Crippen MR) is 93.3 cm³/mol. The first-order valence-electron chi connectivity index (χ1n) is 8.15. The van der Waals surface area contributed by atoms with Crippen molar-refractivity contribution in [3.05, 3.63) is 29.3 Å². The van der Waals surface area contributed by atoms with Gasteiger partial charge in [-0.3, -0.25) is 4.90 Å². The number of rotatable bonds is 3. The van der Waals surface area contributed by atoms with E-state index in [0.717, 1.165) is 6.54 Å². The molecule has 2 N–H and O–H groups in total. The largest absolute Gasteiger partial charge is 0.374 e. The highest BCUT2D eigenvalue weighted by Gasteiger charge is 2.22. The first-order valence-corrected chi connectivity index (χ1v) is 9.31. The van der Waals surface area contributed by atoms with E-state index in [0.29, 0.717) is 6.04 Å². The maximum absolute atomic E-state index is 6.13. The van der Waals surface area contributed by atoms with Crippen LogP contribution in [0.5, 0.6) is 0 Å². The Balaban J connectivity index is 1.83. The first-order chi connectivity index (χ1) is 10.3. The molecule has 0 spiro atoms. The van der Waals surface area contributed by atoms with Crippen LogP contribution in [0.4, 0.5) is 5.69 Å². The van der Waals surface area contributed by atoms with E-state index in [1.807, 2.05) is 0 Å². The van der Waals surface area contributed by atoms with Gasteiger partial charge in [-0.05, 0) is 48.8 Å². The number of hydrogen-bond acceptors (Lipinski definition) is 4. The number of fused-ring (bicyclic) bond motifs is 1. The zero-order valence-electron chi connectivity index (χ0n) is 13.1. The summed E-state index contributed by atoms with van der Waals surface area (Å²) in [6, 6.07) is 7.41. The zero-order chi connectivity index (χ0) is 14.7. The molecule has 2 heterocycles. The SMILES string of the molecule is CN1CCCc2cc(C(CN)N3CCCSCC3)ccc21. The molecule has 3 nitrogen and oxygen atoms in total. The lowest BCUT2D eigenvalue weighted by Crippen LogP contribution is -2.35. The molecule has 1 aromatic carbocycles. The Hall–Kier alpha value is -0.710. The third-order valence-corrected chi connectivity index (χ3v) is 5.81. The van der Waals surface area contributed by atoms with Gasteiger partial charge in [-0.1, -0.05) is 12.1 Å². The number of benzene rings is 1. The van der Waals surface area contributed by atoms with E-state index in [1.54, 1.807) is 0 Å². The molecular formula is C17H27N3S. The summed E-state index contributed by atoms with van der Waals surface area (Å²) in [4.78, 5) is 4.97. The van der Waals surface area contributed by atoms with Crippen LogP contribution in [0.3, 0.4) is 0 Å². The molecule has 0 bridgehead atoms. The van der Waals surface area contributed by atoms with Crippen LogP contribution in [0.2, 0.25) is 0 Å². The Kier molecular flexibility index (Phi) is 5.09. The average Bonchev–Trinajstić information content (AvgIpc) is 2.78. The Morgan fingerprint density at radius 1 is 1.19 bits per heavy atom. The Morgan fingerprint density at radius 3 is 2.95 bits per heavy atom. The minimum Gasteiger partial charge on any atom is -0.374 e. The number of anilines is 1. The molecule has 2 aliphatic rings. The van der Waals surface area contributed by atoms with Crippen molar-refractivity contribution in [2.75, 3.05) is 49.6 Å². The van der Waals surface area contributed by atoms with Gasteiger partial charge in [0.1, 0.15) is 0 Å². The van der Waals surface area contributed by atoms with Crippen molar-refractivity contribution in [1.29, 1.82) is 0 Å². The maximum Gasteiger partial charge on any atom is 0.0470 e. The van der Waals surface area contributed by atoms with Gasteiger partial charge in [0, 0.05) is 44.2 Å². The fourth-order valence-corrected chi connectivity index (χ4v) is 4.49. The van der Waals surface area contributed by atoms with Crippen LogP contribution in [-0.2, 0) is 6.42 Å². The molecule has 1 saturated heterocycles. The summed E-state index contributed by atoms with van der Waals surface area (Å²) in [6.07, 6.45) is 3.76. The van der Waals surface area contributed by atoms with Gasteiger partial charge in [-0.2, -0.15) is 11.8 Å². The summed E-state index contributed by atoms with van der Waals surface area (Å²) in [7, 11) is 2.20. The van der Waals surface area contributed by atoms with Crippen LogP contribution in [0.1, 0.15) is 30.0 Å². The van der Waals surface area contributed by atoms with Gasteiger partial charge < -0.3 is 10.6 Å². The molecule has 0 aromatic heterocycles. The molecule has 2 aliphatic heterocycles. The molecule has 4 heteroatoms. The molecule has 21 heavy (non-hydrogen) atoms. The van der Waals surface area contributed by atoms with E-state index < -0.39 is 0 Å². The molecule has 0 amide bonds. The maximum atomic E-state index is 6.13. The predicted octanol–water partition coefficient (Wildman–Crippen LogP) is 2.51. The van der Waals surface area contributed by atoms with E-state index >= 15 is 0 Å². The second-order valence-electron chi connectivity index (χ2n) is 6.17. The van der Waals surface area contributed by atoms with Gasteiger partial charge >= 0.3 is 0 Å². The van der Waals surface area contributed by atoms with Crippen molar-refractivity contribution in [2.45, 2.75) is 25.3 Å². The van der Waals surface area contributed by atoms with Gasteiger partial charge in [0.15, 0.2) is 0 Å². The minimum atomic E-state index is 0.390. The molecule has 0 saturated carbocycles. The first kappa shape index (κ1) is 15.2. The van der Waals surface area contributed by atoms with Crippen LogP contribution < -0.4 is 10.6 Å². The van der Waals surface area contributed by atoms with Crippen LogP contribution in [-0.4, -0.2) is 49.6 Å². The summed E-state index contributed by atoms with van der Waals surface area (Å²) in [5.41, 5.74) is 10.5. The van der Waals surface area contributed by atoms with Crippen LogP contribution >= 0.6 is 11.8 Å². The van der Waals surface area contributed by atoms with Crippen molar-refractivity contribution in [3.8, 4) is 0 Å². The molecular weight excluding hydrogens is 278 g/mol. The van der Waals surface area contributed by atoms with E-state index in [2.05, 4.69) is 46.8 Å². The lowest BCUT2D eigenvalue weighted by Gasteiger charge is -2.32. The van der Waals surface area contributed by atoms with Gasteiger partial charge in [0.05, 0.1) is 0 Å². The van der Waals surface area contributed by atoms with Crippen molar-refractivity contribution in [1.82, 2.24) is 4.90 Å². The normalized spacial score (nSPS) is 21.7. The number of aryl methyl sites for hydroxylation is 1. The topological polar surface area (TPSA) is 32.5 Å². The highest BCUT2D eigenvalue weighted by atomic mass is 32.2. The lowest BCUT2D eigenvalue weighted by molar-refractivity contribution is 0.218. The second kappa shape index (κ2) is 7.03. The fraction of sp³-hybridized carbons (Fsp3) is 0.647. The third kappa shape index (κ3) is 3.38. The highest BCUT2D eigenvalue weighted by molar-refractivity contribution is 7.99. The van der Waals surface area contributed by atoms with Crippen LogP contribution in [0.25, 0.3) is 0 Å². The van der Waals surface area contributed by atoms with E-state index in [1.165, 1.54) is 67.2 Å². The third-order valence-electron chi connectivity index (χ3n) is 4.76.